The maximum Gasteiger partial charge on any atom is 0.417 e. The first-order chi connectivity index (χ1) is 16.1. The Bertz CT molecular complexity index is 1210. The van der Waals surface area contributed by atoms with Gasteiger partial charge in [-0.05, 0) is 55.4 Å². The highest BCUT2D eigenvalue weighted by molar-refractivity contribution is 6.74. The number of hydrogen-bond donors (Lipinski definition) is 2. The lowest BCUT2D eigenvalue weighted by Gasteiger charge is -2.37. The average Bonchev–Trinajstić information content (AvgIpc) is 3.15. The Balaban J connectivity index is 1.81. The number of para-hydroxylation sites is 1. The van der Waals surface area contributed by atoms with Gasteiger partial charge in [-0.3, -0.25) is 10.2 Å². The first-order valence-corrected chi connectivity index (χ1v) is 14.0. The lowest BCUT2D eigenvalue weighted by atomic mass is 9.92. The van der Waals surface area contributed by atoms with Crippen molar-refractivity contribution in [1.29, 1.82) is 5.26 Å². The van der Waals surface area contributed by atoms with Crippen LogP contribution in [-0.4, -0.2) is 25.5 Å². The minimum atomic E-state index is -4.72. The van der Waals surface area contributed by atoms with Crippen molar-refractivity contribution in [3.63, 3.8) is 0 Å². The number of nitrogens with one attached hydrogen (secondary N) is 2. The van der Waals surface area contributed by atoms with Crippen molar-refractivity contribution < 1.29 is 22.4 Å². The summed E-state index contributed by atoms with van der Waals surface area (Å²) in [5.74, 6) is 0.142. The van der Waals surface area contributed by atoms with Gasteiger partial charge < -0.3 is 9.74 Å². The van der Waals surface area contributed by atoms with Crippen molar-refractivity contribution in [1.82, 2.24) is 5.43 Å². The summed E-state index contributed by atoms with van der Waals surface area (Å²) in [5, 5.41) is 15.9. The van der Waals surface area contributed by atoms with E-state index in [0.29, 0.717) is 11.5 Å². The highest BCUT2D eigenvalue weighted by atomic mass is 28.4. The fourth-order valence-corrected chi connectivity index (χ4v) is 4.37. The summed E-state index contributed by atoms with van der Waals surface area (Å²) in [6.07, 6.45) is -4.51. The van der Waals surface area contributed by atoms with Gasteiger partial charge in [0, 0.05) is 17.7 Å². The van der Waals surface area contributed by atoms with Crippen LogP contribution in [0.3, 0.4) is 0 Å². The Morgan fingerprint density at radius 2 is 1.86 bits per heavy atom. The largest absolute Gasteiger partial charge is 0.543 e. The number of rotatable bonds is 5. The van der Waals surface area contributed by atoms with Crippen LogP contribution >= 0.6 is 0 Å². The first kappa shape index (κ1) is 26.3. The maximum atomic E-state index is 13.3. The molecule has 1 unspecified atom stereocenters. The predicted octanol–water partition coefficient (Wildman–Crippen LogP) is 6.06. The molecule has 0 fully saturated rings. The monoisotopic (exact) mass is 502 g/mol. The summed E-state index contributed by atoms with van der Waals surface area (Å²) in [5.41, 5.74) is 1.37. The van der Waals surface area contributed by atoms with E-state index in [0.717, 1.165) is 17.7 Å². The molecular formula is C25H29F3N4O2Si. The van der Waals surface area contributed by atoms with E-state index in [9.17, 15) is 18.0 Å². The van der Waals surface area contributed by atoms with Crippen LogP contribution in [0, 0.1) is 11.3 Å². The van der Waals surface area contributed by atoms with E-state index in [1.165, 1.54) is 12.1 Å². The van der Waals surface area contributed by atoms with Crippen LogP contribution in [0.1, 0.15) is 50.8 Å². The smallest absolute Gasteiger partial charge is 0.417 e. The van der Waals surface area contributed by atoms with E-state index in [4.69, 9.17) is 9.69 Å². The van der Waals surface area contributed by atoms with Crippen molar-refractivity contribution >= 4 is 25.6 Å². The number of hydrazone groups is 1. The number of anilines is 1. The molecule has 2 aromatic carbocycles. The van der Waals surface area contributed by atoms with Gasteiger partial charge in [0.15, 0.2) is 0 Å². The average molecular weight is 503 g/mol. The highest BCUT2D eigenvalue weighted by Crippen LogP contribution is 2.39. The minimum Gasteiger partial charge on any atom is -0.543 e. The van der Waals surface area contributed by atoms with Crippen molar-refractivity contribution in [2.45, 2.75) is 64.0 Å². The van der Waals surface area contributed by atoms with Crippen LogP contribution in [-0.2, 0) is 11.0 Å². The van der Waals surface area contributed by atoms with E-state index in [-0.39, 0.29) is 17.1 Å². The Hall–Kier alpha value is -3.32. The summed E-state index contributed by atoms with van der Waals surface area (Å²) in [7, 11) is -2.13. The molecule has 2 aromatic rings. The van der Waals surface area contributed by atoms with Crippen LogP contribution < -0.4 is 15.2 Å². The number of carbonyl (C=O) groups excluding carboxylic acids is 1. The van der Waals surface area contributed by atoms with Crippen LogP contribution in [0.2, 0.25) is 18.1 Å². The zero-order chi connectivity index (χ0) is 26.2. The standard InChI is InChI=1S/C25H29F3N4O2Si/c1-23(2,3)35(5,6)34-21-10-8-7-9-18(21)20-14-24(4,32-31-20)22(33)30-17-12-11-16(15-29)19(13-17)25(26,27)28/h7-13,32H,14H2,1-6H3,(H,30,33). The molecule has 0 spiro atoms. The third kappa shape index (κ3) is 5.51. The Morgan fingerprint density at radius 3 is 2.46 bits per heavy atom. The molecule has 1 atom stereocenters. The van der Waals surface area contributed by atoms with Crippen molar-refractivity contribution in [2.75, 3.05) is 5.32 Å². The zero-order valence-corrected chi connectivity index (χ0v) is 21.6. The normalized spacial score (nSPS) is 18.3. The predicted molar refractivity (Wildman–Crippen MR) is 132 cm³/mol. The number of alkyl halides is 3. The van der Waals surface area contributed by atoms with Gasteiger partial charge in [0.05, 0.1) is 22.9 Å². The molecule has 2 N–H and O–H groups in total. The summed E-state index contributed by atoms with van der Waals surface area (Å²) in [6, 6.07) is 12.1. The van der Waals surface area contributed by atoms with Crippen LogP contribution in [0.5, 0.6) is 5.75 Å². The molecule has 0 radical (unpaired) electrons. The molecule has 0 aliphatic carbocycles. The van der Waals surface area contributed by atoms with E-state index in [2.05, 4.69) is 49.7 Å². The molecule has 0 saturated heterocycles. The molecule has 0 aromatic heterocycles. The summed E-state index contributed by atoms with van der Waals surface area (Å²) >= 11 is 0. The lowest BCUT2D eigenvalue weighted by Crippen LogP contribution is -2.47. The molecule has 186 valence electrons. The maximum absolute atomic E-state index is 13.3. The fourth-order valence-electron chi connectivity index (χ4n) is 3.34. The quantitative estimate of drug-likeness (QED) is 0.487. The topological polar surface area (TPSA) is 86.5 Å². The van der Waals surface area contributed by atoms with Gasteiger partial charge in [-0.2, -0.15) is 23.5 Å². The third-order valence-electron chi connectivity index (χ3n) is 6.53. The molecule has 1 aliphatic heterocycles. The molecule has 35 heavy (non-hydrogen) atoms. The van der Waals surface area contributed by atoms with Crippen LogP contribution in [0.15, 0.2) is 47.6 Å². The number of hydrogen-bond acceptors (Lipinski definition) is 5. The molecular weight excluding hydrogens is 473 g/mol. The molecule has 1 amide bonds. The van der Waals surface area contributed by atoms with Gasteiger partial charge in [0.25, 0.3) is 14.2 Å². The van der Waals surface area contributed by atoms with Gasteiger partial charge in [-0.15, -0.1) is 0 Å². The van der Waals surface area contributed by atoms with Gasteiger partial charge in [0.2, 0.25) is 0 Å². The molecule has 3 rings (SSSR count). The SMILES string of the molecule is CC1(C(=O)Nc2ccc(C#N)c(C(F)(F)F)c2)CC(c2ccccc2O[Si](C)(C)C(C)(C)C)=NN1. The van der Waals surface area contributed by atoms with Crippen molar-refractivity contribution in [3.8, 4) is 11.8 Å². The second kappa shape index (κ2) is 9.04. The molecule has 1 heterocycles. The summed E-state index contributed by atoms with van der Waals surface area (Å²) in [6.45, 7) is 12.3. The van der Waals surface area contributed by atoms with Crippen molar-refractivity contribution in [3.05, 3.63) is 59.2 Å². The molecule has 0 saturated carbocycles. The molecule has 10 heteroatoms. The number of carbonyl (C=O) groups is 1. The number of amides is 1. The zero-order valence-electron chi connectivity index (χ0n) is 20.6. The van der Waals surface area contributed by atoms with Crippen LogP contribution in [0.4, 0.5) is 18.9 Å². The number of benzene rings is 2. The number of nitrogens with zero attached hydrogens (tertiary/aromatic N) is 2. The van der Waals surface area contributed by atoms with Gasteiger partial charge in [-0.25, -0.2) is 0 Å². The minimum absolute atomic E-state index is 0.0133. The lowest BCUT2D eigenvalue weighted by molar-refractivity contribution is -0.137. The molecule has 1 aliphatic rings. The number of halogens is 3. The van der Waals surface area contributed by atoms with Gasteiger partial charge in [0.1, 0.15) is 11.3 Å². The Morgan fingerprint density at radius 1 is 1.20 bits per heavy atom. The fraction of sp³-hybridized carbons (Fsp3) is 0.400. The first-order valence-electron chi connectivity index (χ1n) is 11.1. The highest BCUT2D eigenvalue weighted by Gasteiger charge is 2.42. The van der Waals surface area contributed by atoms with E-state index >= 15 is 0 Å². The van der Waals surface area contributed by atoms with Crippen molar-refractivity contribution in [2.24, 2.45) is 5.10 Å². The molecule has 0 bridgehead atoms. The van der Waals surface area contributed by atoms with E-state index in [1.54, 1.807) is 6.92 Å². The molecule has 6 nitrogen and oxygen atoms in total. The second-order valence-electron chi connectivity index (χ2n) is 10.4. The Kier molecular flexibility index (Phi) is 6.79. The number of nitriles is 1. The Labute approximate surface area is 204 Å². The van der Waals surface area contributed by atoms with Gasteiger partial charge >= 0.3 is 6.18 Å². The summed E-state index contributed by atoms with van der Waals surface area (Å²) < 4.78 is 46.4. The van der Waals surface area contributed by atoms with E-state index < -0.39 is 37.1 Å². The van der Waals surface area contributed by atoms with Crippen LogP contribution in [0.25, 0.3) is 0 Å². The van der Waals surface area contributed by atoms with Gasteiger partial charge in [-0.1, -0.05) is 32.9 Å². The third-order valence-corrected chi connectivity index (χ3v) is 10.9. The summed E-state index contributed by atoms with van der Waals surface area (Å²) in [4.78, 5) is 13.1. The van der Waals surface area contributed by atoms with E-state index in [1.807, 2.05) is 24.3 Å². The second-order valence-corrected chi connectivity index (χ2v) is 15.1.